The fourth-order valence-corrected chi connectivity index (χ4v) is 2.97. The van der Waals surface area contributed by atoms with E-state index in [9.17, 15) is 4.79 Å². The van der Waals surface area contributed by atoms with Crippen LogP contribution in [0.5, 0.6) is 5.75 Å². The van der Waals surface area contributed by atoms with Crippen molar-refractivity contribution in [3.8, 4) is 5.75 Å². The third kappa shape index (κ3) is 2.23. The zero-order valence-electron chi connectivity index (χ0n) is 9.54. The van der Waals surface area contributed by atoms with Crippen LogP contribution < -0.4 is 10.1 Å². The van der Waals surface area contributed by atoms with Crippen molar-refractivity contribution in [1.82, 2.24) is 5.32 Å². The molecule has 3 nitrogen and oxygen atoms in total. The minimum absolute atomic E-state index is 0.127. The topological polar surface area (TPSA) is 38.3 Å². The van der Waals surface area contributed by atoms with Gasteiger partial charge in [0.25, 0.3) is 5.91 Å². The van der Waals surface area contributed by atoms with E-state index in [0.29, 0.717) is 16.4 Å². The van der Waals surface area contributed by atoms with Crippen molar-refractivity contribution in [3.05, 3.63) is 28.1 Å². The van der Waals surface area contributed by atoms with E-state index in [1.54, 1.807) is 7.11 Å². The molecule has 0 fully saturated rings. The maximum Gasteiger partial charge on any atom is 0.262 e. The summed E-state index contributed by atoms with van der Waals surface area (Å²) in [6.07, 6.45) is 0. The highest BCUT2D eigenvalue weighted by Gasteiger charge is 2.16. The highest BCUT2D eigenvalue weighted by molar-refractivity contribution is 7.21. The Balaban J connectivity index is 2.53. The van der Waals surface area contributed by atoms with Gasteiger partial charge in [-0.1, -0.05) is 11.6 Å². The molecule has 2 aromatic rings. The van der Waals surface area contributed by atoms with Crippen LogP contribution in [0.2, 0.25) is 5.02 Å². The maximum atomic E-state index is 11.8. The molecule has 1 N–H and O–H groups in total. The van der Waals surface area contributed by atoms with Gasteiger partial charge in [0.2, 0.25) is 0 Å². The normalized spacial score (nSPS) is 10.5. The largest absolute Gasteiger partial charge is 0.497 e. The predicted octanol–water partition coefficient (Wildman–Crippen LogP) is 3.31. The minimum Gasteiger partial charge on any atom is -0.497 e. The first-order valence-corrected chi connectivity index (χ1v) is 6.41. The molecule has 0 aliphatic carbocycles. The summed E-state index contributed by atoms with van der Waals surface area (Å²) < 4.78 is 6.12. The Kier molecular flexibility index (Phi) is 3.54. The number of methoxy groups -OCH3 is 1. The molecule has 90 valence electrons. The average Bonchev–Trinajstić information content (AvgIpc) is 2.67. The Hall–Kier alpha value is -1.26. The van der Waals surface area contributed by atoms with Gasteiger partial charge in [-0.25, -0.2) is 0 Å². The number of amides is 1. The fourth-order valence-electron chi connectivity index (χ4n) is 1.56. The zero-order chi connectivity index (χ0) is 12.4. The van der Waals surface area contributed by atoms with Gasteiger partial charge in [0.05, 0.1) is 12.1 Å². The number of nitrogens with one attached hydrogen (secondary N) is 1. The van der Waals surface area contributed by atoms with Gasteiger partial charge in [0, 0.05) is 16.6 Å². The second-order valence-electron chi connectivity index (χ2n) is 3.47. The lowest BCUT2D eigenvalue weighted by Crippen LogP contribution is -2.21. The van der Waals surface area contributed by atoms with Crippen LogP contribution in [-0.4, -0.2) is 19.6 Å². The molecule has 0 saturated carbocycles. The van der Waals surface area contributed by atoms with Crippen LogP contribution in [0.4, 0.5) is 0 Å². The van der Waals surface area contributed by atoms with E-state index in [1.165, 1.54) is 11.3 Å². The number of carbonyl (C=O) groups excluding carboxylic acids is 1. The van der Waals surface area contributed by atoms with Crippen LogP contribution in [0.25, 0.3) is 10.1 Å². The smallest absolute Gasteiger partial charge is 0.262 e. The SMILES string of the molecule is CCNC(=O)c1sc2ccc(OC)cc2c1Cl. The van der Waals surface area contributed by atoms with E-state index in [-0.39, 0.29) is 5.91 Å². The number of benzene rings is 1. The summed E-state index contributed by atoms with van der Waals surface area (Å²) in [5.41, 5.74) is 0. The Morgan fingerprint density at radius 2 is 2.29 bits per heavy atom. The first-order chi connectivity index (χ1) is 8.17. The van der Waals surface area contributed by atoms with Gasteiger partial charge in [-0.3, -0.25) is 4.79 Å². The Labute approximate surface area is 108 Å². The summed E-state index contributed by atoms with van der Waals surface area (Å²) in [5.74, 6) is 0.609. The Bertz CT molecular complexity index is 565. The lowest BCUT2D eigenvalue weighted by atomic mass is 10.2. The van der Waals surface area contributed by atoms with Crippen LogP contribution in [0.15, 0.2) is 18.2 Å². The molecule has 17 heavy (non-hydrogen) atoms. The van der Waals surface area contributed by atoms with Crippen molar-refractivity contribution >= 4 is 38.9 Å². The van der Waals surface area contributed by atoms with Crippen molar-refractivity contribution in [2.24, 2.45) is 0 Å². The molecule has 0 saturated heterocycles. The summed E-state index contributed by atoms with van der Waals surface area (Å²) >= 11 is 7.60. The van der Waals surface area contributed by atoms with Gasteiger partial charge in [-0.05, 0) is 25.1 Å². The summed E-state index contributed by atoms with van der Waals surface area (Å²) in [6, 6.07) is 5.61. The molecule has 0 radical (unpaired) electrons. The summed E-state index contributed by atoms with van der Waals surface area (Å²) in [4.78, 5) is 12.3. The number of fused-ring (bicyclic) bond motifs is 1. The third-order valence-corrected chi connectivity index (χ3v) is 4.05. The molecule has 0 aliphatic heterocycles. The molecule has 0 bridgehead atoms. The second kappa shape index (κ2) is 4.94. The van der Waals surface area contributed by atoms with Gasteiger partial charge < -0.3 is 10.1 Å². The molecule has 0 atom stereocenters. The molecule has 1 heterocycles. The molecule has 0 spiro atoms. The highest BCUT2D eigenvalue weighted by Crippen LogP contribution is 2.37. The summed E-state index contributed by atoms with van der Waals surface area (Å²) in [5, 5.41) is 4.10. The Morgan fingerprint density at radius 1 is 1.53 bits per heavy atom. The number of thiophene rings is 1. The third-order valence-electron chi connectivity index (χ3n) is 2.38. The lowest BCUT2D eigenvalue weighted by Gasteiger charge is -1.99. The fraction of sp³-hybridized carbons (Fsp3) is 0.250. The number of hydrogen-bond donors (Lipinski definition) is 1. The number of carbonyl (C=O) groups is 1. The lowest BCUT2D eigenvalue weighted by molar-refractivity contribution is 0.0960. The standard InChI is InChI=1S/C12H12ClNO2S/c1-3-14-12(15)11-10(13)8-6-7(16-2)4-5-9(8)17-11/h4-6H,3H2,1-2H3,(H,14,15). The molecule has 1 amide bonds. The van der Waals surface area contributed by atoms with E-state index in [1.807, 2.05) is 25.1 Å². The van der Waals surface area contributed by atoms with Gasteiger partial charge in [-0.2, -0.15) is 0 Å². The molecule has 2 rings (SSSR count). The predicted molar refractivity (Wildman–Crippen MR) is 71.4 cm³/mol. The minimum atomic E-state index is -0.127. The summed E-state index contributed by atoms with van der Waals surface area (Å²) in [6.45, 7) is 2.47. The summed E-state index contributed by atoms with van der Waals surface area (Å²) in [7, 11) is 1.60. The van der Waals surface area contributed by atoms with E-state index in [4.69, 9.17) is 16.3 Å². The molecular formula is C12H12ClNO2S. The first-order valence-electron chi connectivity index (χ1n) is 5.21. The average molecular weight is 270 g/mol. The molecule has 1 aromatic carbocycles. The van der Waals surface area contributed by atoms with Crippen molar-refractivity contribution in [2.75, 3.05) is 13.7 Å². The van der Waals surface area contributed by atoms with E-state index >= 15 is 0 Å². The van der Waals surface area contributed by atoms with Crippen LogP contribution in [0.1, 0.15) is 16.6 Å². The molecule has 0 unspecified atom stereocenters. The second-order valence-corrected chi connectivity index (χ2v) is 4.90. The van der Waals surface area contributed by atoms with Gasteiger partial charge in [0.15, 0.2) is 0 Å². The van der Waals surface area contributed by atoms with Gasteiger partial charge in [0.1, 0.15) is 10.6 Å². The molecule has 0 aliphatic rings. The van der Waals surface area contributed by atoms with Crippen molar-refractivity contribution in [1.29, 1.82) is 0 Å². The Morgan fingerprint density at radius 3 is 2.94 bits per heavy atom. The number of rotatable bonds is 3. The monoisotopic (exact) mass is 269 g/mol. The van der Waals surface area contributed by atoms with E-state index in [0.717, 1.165) is 15.8 Å². The quantitative estimate of drug-likeness (QED) is 0.928. The van der Waals surface area contributed by atoms with E-state index in [2.05, 4.69) is 5.32 Å². The van der Waals surface area contributed by atoms with Crippen LogP contribution in [0, 0.1) is 0 Å². The highest BCUT2D eigenvalue weighted by atomic mass is 35.5. The molecule has 5 heteroatoms. The van der Waals surface area contributed by atoms with Crippen LogP contribution in [0.3, 0.4) is 0 Å². The number of hydrogen-bond acceptors (Lipinski definition) is 3. The van der Waals surface area contributed by atoms with Crippen LogP contribution in [-0.2, 0) is 0 Å². The first kappa shape index (κ1) is 12.2. The van der Waals surface area contributed by atoms with Crippen LogP contribution >= 0.6 is 22.9 Å². The zero-order valence-corrected chi connectivity index (χ0v) is 11.1. The number of halogens is 1. The van der Waals surface area contributed by atoms with Gasteiger partial charge in [-0.15, -0.1) is 11.3 Å². The molecule has 1 aromatic heterocycles. The number of ether oxygens (including phenoxy) is 1. The van der Waals surface area contributed by atoms with E-state index < -0.39 is 0 Å². The molecular weight excluding hydrogens is 258 g/mol. The maximum absolute atomic E-state index is 11.8. The van der Waals surface area contributed by atoms with Crippen molar-refractivity contribution in [3.63, 3.8) is 0 Å². The van der Waals surface area contributed by atoms with Gasteiger partial charge >= 0.3 is 0 Å². The van der Waals surface area contributed by atoms with Crippen molar-refractivity contribution < 1.29 is 9.53 Å². The van der Waals surface area contributed by atoms with Crippen molar-refractivity contribution in [2.45, 2.75) is 6.92 Å².